The van der Waals surface area contributed by atoms with Crippen LogP contribution in [0.1, 0.15) is 35.9 Å². The minimum Gasteiger partial charge on any atom is -0.365 e. The van der Waals surface area contributed by atoms with Crippen molar-refractivity contribution in [3.8, 4) is 0 Å². The summed E-state index contributed by atoms with van der Waals surface area (Å²) in [7, 11) is 0. The lowest BCUT2D eigenvalue weighted by Gasteiger charge is -2.30. The molecule has 1 atom stereocenters. The molecule has 7 heteroatoms. The van der Waals surface area contributed by atoms with E-state index in [4.69, 9.17) is 10.5 Å². The number of rotatable bonds is 3. The third kappa shape index (κ3) is 3.07. The SMILES string of the molecule is NC1CCN(Cc2nnn3c2CO[C@@H](c2ccccc2F)C3)CC1. The molecular formula is C17H22FN5O. The van der Waals surface area contributed by atoms with Crippen LogP contribution < -0.4 is 5.73 Å². The third-order valence-corrected chi connectivity index (χ3v) is 4.94. The molecule has 0 bridgehead atoms. The molecule has 0 aliphatic carbocycles. The molecule has 2 N–H and O–H groups in total. The van der Waals surface area contributed by atoms with Gasteiger partial charge in [-0.1, -0.05) is 23.4 Å². The molecule has 24 heavy (non-hydrogen) atoms. The van der Waals surface area contributed by atoms with Gasteiger partial charge in [0.2, 0.25) is 0 Å². The molecule has 0 amide bonds. The van der Waals surface area contributed by atoms with Gasteiger partial charge in [-0.2, -0.15) is 0 Å². The summed E-state index contributed by atoms with van der Waals surface area (Å²) in [6.07, 6.45) is 1.73. The molecule has 6 nitrogen and oxygen atoms in total. The molecule has 0 radical (unpaired) electrons. The van der Waals surface area contributed by atoms with E-state index in [-0.39, 0.29) is 11.9 Å². The Bertz CT molecular complexity index is 711. The van der Waals surface area contributed by atoms with Crippen LogP contribution in [-0.2, 0) is 24.4 Å². The number of fused-ring (bicyclic) bond motifs is 1. The summed E-state index contributed by atoms with van der Waals surface area (Å²) in [4.78, 5) is 2.36. The second-order valence-corrected chi connectivity index (χ2v) is 6.60. The van der Waals surface area contributed by atoms with Gasteiger partial charge in [0, 0.05) is 31.2 Å². The summed E-state index contributed by atoms with van der Waals surface area (Å²) in [5, 5.41) is 8.58. The highest BCUT2D eigenvalue weighted by Crippen LogP contribution is 2.29. The maximum atomic E-state index is 14.0. The Balaban J connectivity index is 1.47. The normalized spacial score (nSPS) is 22.5. The monoisotopic (exact) mass is 331 g/mol. The fraction of sp³-hybridized carbons (Fsp3) is 0.529. The Kier molecular flexibility index (Phi) is 4.30. The highest BCUT2D eigenvalue weighted by atomic mass is 19.1. The molecule has 1 fully saturated rings. The summed E-state index contributed by atoms with van der Waals surface area (Å²) in [5.41, 5.74) is 8.48. The second-order valence-electron chi connectivity index (χ2n) is 6.60. The topological polar surface area (TPSA) is 69.2 Å². The highest BCUT2D eigenvalue weighted by molar-refractivity contribution is 5.21. The van der Waals surface area contributed by atoms with Crippen LogP contribution >= 0.6 is 0 Å². The fourth-order valence-electron chi connectivity index (χ4n) is 3.43. The summed E-state index contributed by atoms with van der Waals surface area (Å²) < 4.78 is 21.7. The maximum absolute atomic E-state index is 14.0. The molecule has 0 unspecified atom stereocenters. The molecule has 2 aliphatic heterocycles. The number of hydrogen-bond donors (Lipinski definition) is 1. The molecule has 0 spiro atoms. The lowest BCUT2D eigenvalue weighted by molar-refractivity contribution is -0.00413. The highest BCUT2D eigenvalue weighted by Gasteiger charge is 2.27. The summed E-state index contributed by atoms with van der Waals surface area (Å²) in [5.74, 6) is -0.240. The number of aromatic nitrogens is 3. The van der Waals surface area contributed by atoms with Gasteiger partial charge in [0.1, 0.15) is 17.6 Å². The van der Waals surface area contributed by atoms with Crippen molar-refractivity contribution in [2.75, 3.05) is 13.1 Å². The first-order valence-corrected chi connectivity index (χ1v) is 8.46. The summed E-state index contributed by atoms with van der Waals surface area (Å²) >= 11 is 0. The lowest BCUT2D eigenvalue weighted by atomic mass is 10.1. The molecule has 0 saturated carbocycles. The van der Waals surface area contributed by atoms with Crippen LogP contribution in [0.4, 0.5) is 4.39 Å². The molecule has 4 rings (SSSR count). The van der Waals surface area contributed by atoms with E-state index < -0.39 is 0 Å². The van der Waals surface area contributed by atoms with Gasteiger partial charge in [0.25, 0.3) is 0 Å². The number of piperidine rings is 1. The Morgan fingerprint density at radius 3 is 2.83 bits per heavy atom. The first kappa shape index (κ1) is 15.7. The van der Waals surface area contributed by atoms with E-state index in [2.05, 4.69) is 15.2 Å². The Morgan fingerprint density at radius 2 is 2.04 bits per heavy atom. The van der Waals surface area contributed by atoms with Crippen molar-refractivity contribution in [1.82, 2.24) is 19.9 Å². The van der Waals surface area contributed by atoms with Crippen LogP contribution in [0.15, 0.2) is 24.3 Å². The number of halogens is 1. The Hall–Kier alpha value is -1.83. The maximum Gasteiger partial charge on any atom is 0.129 e. The Morgan fingerprint density at radius 1 is 1.25 bits per heavy atom. The number of hydrogen-bond acceptors (Lipinski definition) is 5. The summed E-state index contributed by atoms with van der Waals surface area (Å²) in [6, 6.07) is 7.05. The quantitative estimate of drug-likeness (QED) is 0.925. The standard InChI is InChI=1S/C17H22FN5O/c18-14-4-2-1-3-13(14)17-10-23-16(11-24-17)15(20-21-23)9-22-7-5-12(19)6-8-22/h1-4,12,17H,5-11,19H2/t17-/m1/s1. The first-order chi connectivity index (χ1) is 11.7. The van der Waals surface area contributed by atoms with Gasteiger partial charge in [-0.25, -0.2) is 9.07 Å². The van der Waals surface area contributed by atoms with Crippen molar-refractivity contribution < 1.29 is 9.13 Å². The van der Waals surface area contributed by atoms with Crippen LogP contribution in [0.3, 0.4) is 0 Å². The smallest absolute Gasteiger partial charge is 0.129 e. The average Bonchev–Trinajstić information content (AvgIpc) is 2.99. The van der Waals surface area contributed by atoms with Crippen molar-refractivity contribution in [2.45, 2.75) is 44.7 Å². The van der Waals surface area contributed by atoms with Crippen LogP contribution in [0.25, 0.3) is 0 Å². The molecule has 2 aliphatic rings. The molecule has 2 aromatic rings. The van der Waals surface area contributed by atoms with E-state index >= 15 is 0 Å². The van der Waals surface area contributed by atoms with Gasteiger partial charge in [-0.05, 0) is 18.9 Å². The summed E-state index contributed by atoms with van der Waals surface area (Å²) in [6.45, 7) is 3.66. The zero-order chi connectivity index (χ0) is 16.5. The predicted molar refractivity (Wildman–Crippen MR) is 86.4 cm³/mol. The lowest BCUT2D eigenvalue weighted by Crippen LogP contribution is -2.39. The fourth-order valence-corrected chi connectivity index (χ4v) is 3.43. The van der Waals surface area contributed by atoms with E-state index in [0.717, 1.165) is 43.9 Å². The van der Waals surface area contributed by atoms with Crippen LogP contribution in [0, 0.1) is 5.82 Å². The molecule has 128 valence electrons. The zero-order valence-corrected chi connectivity index (χ0v) is 13.6. The van der Waals surface area contributed by atoms with Gasteiger partial charge in [0.15, 0.2) is 0 Å². The van der Waals surface area contributed by atoms with Crippen molar-refractivity contribution in [1.29, 1.82) is 0 Å². The number of nitrogens with zero attached hydrogens (tertiary/aromatic N) is 4. The molecular weight excluding hydrogens is 309 g/mol. The molecule has 3 heterocycles. The van der Waals surface area contributed by atoms with E-state index in [9.17, 15) is 4.39 Å². The van der Waals surface area contributed by atoms with Crippen molar-refractivity contribution in [3.63, 3.8) is 0 Å². The zero-order valence-electron chi connectivity index (χ0n) is 13.6. The third-order valence-electron chi connectivity index (χ3n) is 4.94. The Labute approximate surface area is 140 Å². The predicted octanol–water partition coefficient (Wildman–Crippen LogP) is 1.61. The van der Waals surface area contributed by atoms with E-state index in [1.54, 1.807) is 12.1 Å². The van der Waals surface area contributed by atoms with Crippen molar-refractivity contribution in [3.05, 3.63) is 47.0 Å². The number of nitrogens with two attached hydrogens (primary N) is 1. The van der Waals surface area contributed by atoms with Crippen molar-refractivity contribution >= 4 is 0 Å². The minimum absolute atomic E-state index is 0.240. The first-order valence-electron chi connectivity index (χ1n) is 8.46. The number of benzene rings is 1. The number of likely N-dealkylation sites (tertiary alicyclic amines) is 1. The molecule has 1 aromatic carbocycles. The average molecular weight is 331 g/mol. The van der Waals surface area contributed by atoms with Gasteiger partial charge in [-0.15, -0.1) is 5.10 Å². The van der Waals surface area contributed by atoms with Crippen LogP contribution in [0.5, 0.6) is 0 Å². The van der Waals surface area contributed by atoms with Gasteiger partial charge >= 0.3 is 0 Å². The second kappa shape index (κ2) is 6.58. The minimum atomic E-state index is -0.318. The van der Waals surface area contributed by atoms with Crippen LogP contribution in [-0.4, -0.2) is 39.0 Å². The molecule has 1 aromatic heterocycles. The molecule has 1 saturated heterocycles. The van der Waals surface area contributed by atoms with Gasteiger partial charge in [-0.3, -0.25) is 4.90 Å². The van der Waals surface area contributed by atoms with Gasteiger partial charge < -0.3 is 10.5 Å². The van der Waals surface area contributed by atoms with E-state index in [1.807, 2.05) is 10.7 Å². The van der Waals surface area contributed by atoms with Crippen molar-refractivity contribution in [2.24, 2.45) is 5.73 Å². The number of ether oxygens (including phenoxy) is 1. The van der Waals surface area contributed by atoms with E-state index in [0.29, 0.717) is 24.8 Å². The van der Waals surface area contributed by atoms with E-state index in [1.165, 1.54) is 6.07 Å². The van der Waals surface area contributed by atoms with Crippen LogP contribution in [0.2, 0.25) is 0 Å². The van der Waals surface area contributed by atoms with Gasteiger partial charge in [0.05, 0.1) is 18.8 Å². The largest absolute Gasteiger partial charge is 0.365 e.